The number of aliphatic imine (C=N–C) groups is 1. The number of oxazole rings is 1. The number of phenolic OH excluding ortho intramolecular Hbond substituents is 1. The molecule has 4 rings (SSSR count). The second-order valence-corrected chi connectivity index (χ2v) is 7.96. The fourth-order valence-corrected chi connectivity index (χ4v) is 3.61. The molecule has 0 amide bonds. The molecule has 0 aliphatic carbocycles. The highest BCUT2D eigenvalue weighted by Crippen LogP contribution is 2.31. The van der Waals surface area contributed by atoms with Gasteiger partial charge in [0.15, 0.2) is 5.58 Å². The lowest BCUT2D eigenvalue weighted by Crippen LogP contribution is -1.90. The second kappa shape index (κ2) is 8.33. The Morgan fingerprint density at radius 3 is 2.80 bits per heavy atom. The van der Waals surface area contributed by atoms with E-state index in [1.165, 1.54) is 5.56 Å². The van der Waals surface area contributed by atoms with Crippen LogP contribution in [0.25, 0.3) is 22.6 Å². The van der Waals surface area contributed by atoms with E-state index in [4.69, 9.17) is 16.0 Å². The third kappa shape index (κ3) is 4.10. The summed E-state index contributed by atoms with van der Waals surface area (Å²) >= 11 is 6.05. The van der Waals surface area contributed by atoms with Gasteiger partial charge in [-0.05, 0) is 72.9 Å². The molecular weight excluding hydrogens is 396 g/mol. The summed E-state index contributed by atoms with van der Waals surface area (Å²) in [6.07, 6.45) is 2.69. The van der Waals surface area contributed by atoms with Crippen molar-refractivity contribution in [3.8, 4) is 17.2 Å². The monoisotopic (exact) mass is 418 g/mol. The van der Waals surface area contributed by atoms with Gasteiger partial charge in [0.1, 0.15) is 11.3 Å². The van der Waals surface area contributed by atoms with E-state index in [1.807, 2.05) is 43.3 Å². The normalized spacial score (nSPS) is 12.7. The lowest BCUT2D eigenvalue weighted by Gasteiger charge is -2.07. The van der Waals surface area contributed by atoms with Crippen LogP contribution in [0.4, 0.5) is 5.69 Å². The molecule has 0 bridgehead atoms. The predicted octanol–water partition coefficient (Wildman–Crippen LogP) is 7.43. The fourth-order valence-electron chi connectivity index (χ4n) is 3.33. The van der Waals surface area contributed by atoms with E-state index in [0.29, 0.717) is 22.4 Å². The fraction of sp³-hybridized carbons (Fsp3) is 0.200. The number of aromatic hydroxyl groups is 1. The van der Waals surface area contributed by atoms with Gasteiger partial charge in [0.25, 0.3) is 0 Å². The molecule has 4 aromatic rings. The number of halogens is 1. The minimum absolute atomic E-state index is 0.0261. The van der Waals surface area contributed by atoms with Gasteiger partial charge in [-0.1, -0.05) is 37.6 Å². The molecule has 0 aliphatic heterocycles. The van der Waals surface area contributed by atoms with Crippen molar-refractivity contribution in [2.45, 2.75) is 33.1 Å². The van der Waals surface area contributed by atoms with E-state index in [-0.39, 0.29) is 5.75 Å². The Bertz CT molecular complexity index is 1240. The van der Waals surface area contributed by atoms with Gasteiger partial charge in [-0.25, -0.2) is 4.98 Å². The van der Waals surface area contributed by atoms with Crippen LogP contribution >= 0.6 is 11.6 Å². The molecule has 30 heavy (non-hydrogen) atoms. The van der Waals surface area contributed by atoms with Crippen molar-refractivity contribution in [2.24, 2.45) is 4.99 Å². The molecule has 1 unspecified atom stereocenters. The number of aromatic nitrogens is 1. The number of rotatable bonds is 5. The molecule has 4 nitrogen and oxygen atoms in total. The first-order chi connectivity index (χ1) is 14.4. The molecule has 1 heterocycles. The Labute approximate surface area is 180 Å². The first-order valence-corrected chi connectivity index (χ1v) is 10.4. The number of fused-ring (bicyclic) bond motifs is 1. The molecule has 1 N–H and O–H groups in total. The predicted molar refractivity (Wildman–Crippen MR) is 123 cm³/mol. The number of nitrogens with zero attached hydrogens (tertiary/aromatic N) is 2. The summed E-state index contributed by atoms with van der Waals surface area (Å²) in [5, 5.41) is 10.5. The topological polar surface area (TPSA) is 58.6 Å². The molecule has 1 aromatic heterocycles. The highest BCUT2D eigenvalue weighted by Gasteiger charge is 2.11. The smallest absolute Gasteiger partial charge is 0.227 e. The molecule has 0 saturated heterocycles. The van der Waals surface area contributed by atoms with Crippen LogP contribution in [-0.2, 0) is 0 Å². The minimum atomic E-state index is 0.0261. The van der Waals surface area contributed by atoms with Crippen LogP contribution < -0.4 is 0 Å². The van der Waals surface area contributed by atoms with Gasteiger partial charge < -0.3 is 9.52 Å². The van der Waals surface area contributed by atoms with Gasteiger partial charge in [-0.3, -0.25) is 4.99 Å². The van der Waals surface area contributed by atoms with Gasteiger partial charge in [0.2, 0.25) is 5.89 Å². The molecule has 0 saturated carbocycles. The SMILES string of the molecule is CCC(C)c1ccc2oc(-c3cccc(N=Cc4cc(C)cc(Cl)c4O)c3)nc2c1. The van der Waals surface area contributed by atoms with Gasteiger partial charge in [0, 0.05) is 17.3 Å². The molecule has 0 radical (unpaired) electrons. The first-order valence-electron chi connectivity index (χ1n) is 9.98. The summed E-state index contributed by atoms with van der Waals surface area (Å²) < 4.78 is 5.97. The number of aryl methyl sites for hydroxylation is 1. The molecule has 5 heteroatoms. The van der Waals surface area contributed by atoms with Crippen LogP contribution in [0.3, 0.4) is 0 Å². The number of phenols is 1. The maximum Gasteiger partial charge on any atom is 0.227 e. The Morgan fingerprint density at radius 2 is 2.00 bits per heavy atom. The third-order valence-corrected chi connectivity index (χ3v) is 5.56. The van der Waals surface area contributed by atoms with E-state index < -0.39 is 0 Å². The van der Waals surface area contributed by atoms with Crippen LogP contribution in [0.15, 0.2) is 64.0 Å². The number of benzene rings is 3. The zero-order chi connectivity index (χ0) is 21.3. The average molecular weight is 419 g/mol. The van der Waals surface area contributed by atoms with Crippen molar-refractivity contribution >= 4 is 34.6 Å². The zero-order valence-electron chi connectivity index (χ0n) is 17.2. The highest BCUT2D eigenvalue weighted by atomic mass is 35.5. The molecule has 0 aliphatic rings. The van der Waals surface area contributed by atoms with E-state index >= 15 is 0 Å². The van der Waals surface area contributed by atoms with E-state index in [9.17, 15) is 5.11 Å². The van der Waals surface area contributed by atoms with Crippen LogP contribution in [0.1, 0.15) is 42.9 Å². The zero-order valence-corrected chi connectivity index (χ0v) is 17.9. The largest absolute Gasteiger partial charge is 0.506 e. The van der Waals surface area contributed by atoms with Crippen LogP contribution in [0, 0.1) is 6.92 Å². The van der Waals surface area contributed by atoms with Crippen LogP contribution in [0.5, 0.6) is 5.75 Å². The van der Waals surface area contributed by atoms with Crippen molar-refractivity contribution < 1.29 is 9.52 Å². The van der Waals surface area contributed by atoms with Crippen LogP contribution in [-0.4, -0.2) is 16.3 Å². The van der Waals surface area contributed by atoms with Gasteiger partial charge in [0.05, 0.1) is 10.7 Å². The Balaban J connectivity index is 1.65. The molecule has 152 valence electrons. The van der Waals surface area contributed by atoms with E-state index in [1.54, 1.807) is 12.3 Å². The Morgan fingerprint density at radius 1 is 1.17 bits per heavy atom. The van der Waals surface area contributed by atoms with Gasteiger partial charge >= 0.3 is 0 Å². The molecular formula is C25H23ClN2O2. The van der Waals surface area contributed by atoms with Crippen LogP contribution in [0.2, 0.25) is 5.02 Å². The summed E-state index contributed by atoms with van der Waals surface area (Å²) in [7, 11) is 0. The minimum Gasteiger partial charge on any atom is -0.506 e. The van der Waals surface area contributed by atoms with Crippen molar-refractivity contribution in [2.75, 3.05) is 0 Å². The lowest BCUT2D eigenvalue weighted by atomic mass is 9.98. The number of hydrogen-bond acceptors (Lipinski definition) is 4. The van der Waals surface area contributed by atoms with Crippen molar-refractivity contribution in [1.29, 1.82) is 0 Å². The van der Waals surface area contributed by atoms with Crippen molar-refractivity contribution in [1.82, 2.24) is 4.98 Å². The maximum absolute atomic E-state index is 10.1. The third-order valence-electron chi connectivity index (χ3n) is 5.28. The van der Waals surface area contributed by atoms with Crippen molar-refractivity contribution in [3.05, 3.63) is 76.3 Å². The van der Waals surface area contributed by atoms with E-state index in [0.717, 1.165) is 34.3 Å². The quantitative estimate of drug-likeness (QED) is 0.343. The average Bonchev–Trinajstić information content (AvgIpc) is 3.18. The Kier molecular flexibility index (Phi) is 5.60. The van der Waals surface area contributed by atoms with Gasteiger partial charge in [-0.15, -0.1) is 0 Å². The lowest BCUT2D eigenvalue weighted by molar-refractivity contribution is 0.474. The van der Waals surface area contributed by atoms with Crippen molar-refractivity contribution in [3.63, 3.8) is 0 Å². The summed E-state index contributed by atoms with van der Waals surface area (Å²) in [6.45, 7) is 6.31. The Hall–Kier alpha value is -3.11. The molecule has 3 aromatic carbocycles. The van der Waals surface area contributed by atoms with E-state index in [2.05, 4.69) is 36.0 Å². The second-order valence-electron chi connectivity index (χ2n) is 7.55. The molecule has 0 fully saturated rings. The maximum atomic E-state index is 10.1. The summed E-state index contributed by atoms with van der Waals surface area (Å²) in [6, 6.07) is 17.4. The first kappa shape index (κ1) is 20.2. The molecule has 0 spiro atoms. The summed E-state index contributed by atoms with van der Waals surface area (Å²) in [5.41, 5.74) is 5.99. The van der Waals surface area contributed by atoms with Gasteiger partial charge in [-0.2, -0.15) is 0 Å². The standard InChI is InChI=1S/C25H23ClN2O2/c1-4-16(3)17-8-9-23-22(13-17)28-25(30-23)18-6-5-7-20(12-18)27-14-19-10-15(2)11-21(26)24(19)29/h5-14,16,29H,4H2,1-3H3. The summed E-state index contributed by atoms with van der Waals surface area (Å²) in [5.74, 6) is 1.07. The molecule has 1 atom stereocenters. The highest BCUT2D eigenvalue weighted by molar-refractivity contribution is 6.32. The number of hydrogen-bond donors (Lipinski definition) is 1. The summed E-state index contributed by atoms with van der Waals surface area (Å²) in [4.78, 5) is 9.18.